The van der Waals surface area contributed by atoms with Crippen molar-refractivity contribution in [2.75, 3.05) is 18.2 Å². The van der Waals surface area contributed by atoms with Gasteiger partial charge in [-0.15, -0.1) is 0 Å². The molecule has 110 valence electrons. The van der Waals surface area contributed by atoms with Crippen molar-refractivity contribution in [3.05, 3.63) is 45.3 Å². The fourth-order valence-corrected chi connectivity index (χ4v) is 2.51. The van der Waals surface area contributed by atoms with Crippen molar-refractivity contribution < 1.29 is 13.9 Å². The number of methoxy groups -OCH3 is 1. The van der Waals surface area contributed by atoms with Gasteiger partial charge in [0.15, 0.2) is 0 Å². The maximum Gasteiger partial charge on any atom is 0.340 e. The van der Waals surface area contributed by atoms with Crippen molar-refractivity contribution in [2.45, 2.75) is 0 Å². The predicted octanol–water partition coefficient (Wildman–Crippen LogP) is 3.75. The summed E-state index contributed by atoms with van der Waals surface area (Å²) in [6, 6.07) is 3.84. The van der Waals surface area contributed by atoms with Crippen LogP contribution in [0.15, 0.2) is 28.9 Å². The molecule has 0 fully saturated rings. The van der Waals surface area contributed by atoms with E-state index in [0.717, 1.165) is 6.07 Å². The van der Waals surface area contributed by atoms with Crippen molar-refractivity contribution in [2.24, 2.45) is 0 Å². The number of aromatic nitrogens is 1. The van der Waals surface area contributed by atoms with E-state index in [1.54, 1.807) is 0 Å². The first-order valence-electron chi connectivity index (χ1n) is 5.67. The third kappa shape index (κ3) is 3.43. The van der Waals surface area contributed by atoms with Crippen molar-refractivity contribution in [3.8, 4) is 0 Å². The summed E-state index contributed by atoms with van der Waals surface area (Å²) in [5.41, 5.74) is 6.45. The molecule has 0 bridgehead atoms. The average Bonchev–Trinajstić information content (AvgIpc) is 2.43. The van der Waals surface area contributed by atoms with Crippen molar-refractivity contribution in [3.63, 3.8) is 0 Å². The molecule has 0 aliphatic carbocycles. The molecule has 21 heavy (non-hydrogen) atoms. The van der Waals surface area contributed by atoms with Gasteiger partial charge in [0, 0.05) is 4.47 Å². The minimum absolute atomic E-state index is 0.167. The van der Waals surface area contributed by atoms with E-state index in [-0.39, 0.29) is 16.3 Å². The number of rotatable bonds is 3. The molecule has 0 atom stereocenters. The number of nitrogen functional groups attached to an aromatic ring is 1. The molecule has 0 amide bonds. The van der Waals surface area contributed by atoms with Gasteiger partial charge >= 0.3 is 5.97 Å². The van der Waals surface area contributed by atoms with E-state index in [2.05, 4.69) is 31.0 Å². The van der Waals surface area contributed by atoms with Crippen LogP contribution < -0.4 is 11.1 Å². The van der Waals surface area contributed by atoms with E-state index in [0.29, 0.717) is 16.0 Å². The van der Waals surface area contributed by atoms with Crippen molar-refractivity contribution >= 4 is 50.7 Å². The molecular weight excluding hydrogens is 365 g/mol. The number of nitrogens with zero attached hydrogens (tertiary/aromatic N) is 1. The minimum Gasteiger partial charge on any atom is -0.465 e. The lowest BCUT2D eigenvalue weighted by atomic mass is 10.2. The highest BCUT2D eigenvalue weighted by Gasteiger charge is 2.14. The van der Waals surface area contributed by atoms with Gasteiger partial charge in [-0.1, -0.05) is 11.6 Å². The van der Waals surface area contributed by atoms with Crippen LogP contribution in [0, 0.1) is 5.82 Å². The van der Waals surface area contributed by atoms with Gasteiger partial charge in [-0.25, -0.2) is 14.2 Å². The molecule has 0 aliphatic rings. The third-order valence-electron chi connectivity index (χ3n) is 2.60. The molecule has 8 heteroatoms. The zero-order valence-corrected chi connectivity index (χ0v) is 13.1. The van der Waals surface area contributed by atoms with Gasteiger partial charge in [0.1, 0.15) is 11.6 Å². The topological polar surface area (TPSA) is 77.2 Å². The van der Waals surface area contributed by atoms with Crippen LogP contribution in [0.25, 0.3) is 0 Å². The van der Waals surface area contributed by atoms with Gasteiger partial charge in [0.05, 0.1) is 35.3 Å². The second kappa shape index (κ2) is 6.28. The SMILES string of the molecule is COC(=O)c1cc(Nc2c(Cl)cc(F)cc2Br)ncc1N. The summed E-state index contributed by atoms with van der Waals surface area (Å²) >= 11 is 9.17. The van der Waals surface area contributed by atoms with Crippen LogP contribution in [0.4, 0.5) is 21.6 Å². The fraction of sp³-hybridized carbons (Fsp3) is 0.0769. The summed E-state index contributed by atoms with van der Waals surface area (Å²) in [7, 11) is 1.25. The number of nitrogens with two attached hydrogens (primary N) is 1. The van der Waals surface area contributed by atoms with Gasteiger partial charge in [-0.05, 0) is 34.1 Å². The Kier molecular flexibility index (Phi) is 4.64. The Morgan fingerprint density at radius 1 is 1.48 bits per heavy atom. The number of ether oxygens (including phenoxy) is 1. The molecule has 0 saturated carbocycles. The van der Waals surface area contributed by atoms with Gasteiger partial charge in [-0.3, -0.25) is 0 Å². The number of carbonyl (C=O) groups is 1. The molecule has 1 aromatic heterocycles. The van der Waals surface area contributed by atoms with Crippen LogP contribution in [0.1, 0.15) is 10.4 Å². The van der Waals surface area contributed by atoms with E-state index in [9.17, 15) is 9.18 Å². The molecule has 0 saturated heterocycles. The molecule has 3 N–H and O–H groups in total. The Labute approximate surface area is 133 Å². The number of pyridine rings is 1. The number of hydrogen-bond acceptors (Lipinski definition) is 5. The van der Waals surface area contributed by atoms with E-state index in [1.807, 2.05) is 0 Å². The maximum absolute atomic E-state index is 13.2. The monoisotopic (exact) mass is 373 g/mol. The molecule has 0 aliphatic heterocycles. The van der Waals surface area contributed by atoms with E-state index in [1.165, 1.54) is 25.4 Å². The highest BCUT2D eigenvalue weighted by atomic mass is 79.9. The summed E-state index contributed by atoms with van der Waals surface area (Å²) in [6.45, 7) is 0. The largest absolute Gasteiger partial charge is 0.465 e. The predicted molar refractivity (Wildman–Crippen MR) is 82.4 cm³/mol. The standard InChI is InChI=1S/C13H10BrClFN3O2/c1-21-13(20)7-4-11(18-5-10(7)17)19-12-8(14)2-6(16)3-9(12)15/h2-5H,17H2,1H3,(H,18,19). The maximum atomic E-state index is 13.2. The van der Waals surface area contributed by atoms with Crippen LogP contribution in [-0.2, 0) is 4.74 Å². The summed E-state index contributed by atoms with van der Waals surface area (Å²) in [5.74, 6) is -0.737. The third-order valence-corrected chi connectivity index (χ3v) is 3.52. The second-order valence-electron chi connectivity index (χ2n) is 4.02. The number of benzene rings is 1. The Balaban J connectivity index is 2.39. The first-order valence-corrected chi connectivity index (χ1v) is 6.85. The number of esters is 1. The lowest BCUT2D eigenvalue weighted by molar-refractivity contribution is 0.0602. The lowest BCUT2D eigenvalue weighted by Crippen LogP contribution is -2.07. The summed E-state index contributed by atoms with van der Waals surface area (Å²) < 4.78 is 18.2. The highest BCUT2D eigenvalue weighted by Crippen LogP contribution is 2.34. The molecular formula is C13H10BrClFN3O2. The van der Waals surface area contributed by atoms with Gasteiger partial charge < -0.3 is 15.8 Å². The van der Waals surface area contributed by atoms with Crippen LogP contribution in [-0.4, -0.2) is 18.1 Å². The number of halogens is 3. The number of hydrogen-bond donors (Lipinski definition) is 2. The zero-order chi connectivity index (χ0) is 15.6. The van der Waals surface area contributed by atoms with Crippen LogP contribution in [0.5, 0.6) is 0 Å². The molecule has 5 nitrogen and oxygen atoms in total. The zero-order valence-electron chi connectivity index (χ0n) is 10.8. The minimum atomic E-state index is -0.581. The van der Waals surface area contributed by atoms with Crippen molar-refractivity contribution in [1.29, 1.82) is 0 Å². The van der Waals surface area contributed by atoms with E-state index >= 15 is 0 Å². The average molecular weight is 375 g/mol. The van der Waals surface area contributed by atoms with Crippen molar-refractivity contribution in [1.82, 2.24) is 4.98 Å². The van der Waals surface area contributed by atoms with Crippen LogP contribution >= 0.6 is 27.5 Å². The molecule has 0 radical (unpaired) electrons. The number of nitrogens with one attached hydrogen (secondary N) is 1. The molecule has 0 unspecified atom stereocenters. The Bertz CT molecular complexity index is 689. The smallest absolute Gasteiger partial charge is 0.340 e. The number of anilines is 3. The Hall–Kier alpha value is -1.86. The first-order chi connectivity index (χ1) is 9.92. The summed E-state index contributed by atoms with van der Waals surface area (Å²) in [6.07, 6.45) is 1.32. The highest BCUT2D eigenvalue weighted by molar-refractivity contribution is 9.10. The Morgan fingerprint density at radius 2 is 2.19 bits per heavy atom. The Morgan fingerprint density at radius 3 is 2.81 bits per heavy atom. The normalized spacial score (nSPS) is 10.3. The van der Waals surface area contributed by atoms with Crippen LogP contribution in [0.2, 0.25) is 5.02 Å². The molecule has 1 heterocycles. The van der Waals surface area contributed by atoms with E-state index < -0.39 is 11.8 Å². The second-order valence-corrected chi connectivity index (χ2v) is 5.28. The lowest BCUT2D eigenvalue weighted by Gasteiger charge is -2.11. The molecule has 2 aromatic rings. The summed E-state index contributed by atoms with van der Waals surface area (Å²) in [4.78, 5) is 15.6. The van der Waals surface area contributed by atoms with Crippen LogP contribution in [0.3, 0.4) is 0 Å². The van der Waals surface area contributed by atoms with Gasteiger partial charge in [0.2, 0.25) is 0 Å². The van der Waals surface area contributed by atoms with Gasteiger partial charge in [0.25, 0.3) is 0 Å². The van der Waals surface area contributed by atoms with Gasteiger partial charge in [-0.2, -0.15) is 0 Å². The molecule has 1 aromatic carbocycles. The fourth-order valence-electron chi connectivity index (χ4n) is 1.61. The summed E-state index contributed by atoms with van der Waals surface area (Å²) in [5, 5.41) is 3.06. The van der Waals surface area contributed by atoms with E-state index in [4.69, 9.17) is 17.3 Å². The molecule has 2 rings (SSSR count). The quantitative estimate of drug-likeness (QED) is 0.800. The molecule has 0 spiro atoms. The number of carbonyl (C=O) groups excluding carboxylic acids is 1. The first kappa shape index (κ1) is 15.5.